The highest BCUT2D eigenvalue weighted by Gasteiger charge is 2.11. The van der Waals surface area contributed by atoms with Gasteiger partial charge in [0.05, 0.1) is 7.57 Å². The van der Waals surface area contributed by atoms with Gasteiger partial charge in [0.25, 0.3) is 0 Å². The van der Waals surface area contributed by atoms with Gasteiger partial charge < -0.3 is 0 Å². The van der Waals surface area contributed by atoms with Crippen LogP contribution in [0.25, 0.3) is 83.5 Å². The molecule has 0 spiro atoms. The van der Waals surface area contributed by atoms with Crippen molar-refractivity contribution in [3.8, 4) is 83.5 Å². The molecule has 246 valence electrons. The summed E-state index contributed by atoms with van der Waals surface area (Å²) in [6.45, 7) is 0. The Morgan fingerprint density at radius 3 is 0.510 bits per heavy atom. The van der Waals surface area contributed by atoms with Gasteiger partial charge in [-0.05, 0) is 137 Å². The highest BCUT2D eigenvalue weighted by molar-refractivity contribution is 9.11. The Balaban J connectivity index is 0.860. The molecule has 0 unspecified atom stereocenters. The molecule has 7 heteroatoms. The van der Waals surface area contributed by atoms with Gasteiger partial charge in [-0.2, -0.15) is 0 Å². The largest absolute Gasteiger partial charge is 0.135 e. The third-order valence-corrected chi connectivity index (χ3v) is 15.7. The minimum atomic E-state index is 1.16. The molecule has 0 aliphatic rings. The molecule has 4 aromatic carbocycles. The van der Waals surface area contributed by atoms with Crippen molar-refractivity contribution < 1.29 is 0 Å². The molecule has 0 amide bonds. The van der Waals surface area contributed by atoms with Crippen molar-refractivity contribution in [2.45, 2.75) is 0 Å². The molecule has 0 saturated heterocycles. The maximum Gasteiger partial charge on any atom is 0.0705 e. The Labute approximate surface area is 334 Å². The average molecular weight is 875 g/mol. The van der Waals surface area contributed by atoms with Crippen molar-refractivity contribution in [2.75, 3.05) is 0 Å². The van der Waals surface area contributed by atoms with E-state index < -0.39 is 0 Å². The van der Waals surface area contributed by atoms with Gasteiger partial charge >= 0.3 is 0 Å². The second-order valence-corrected chi connectivity index (χ2v) is 20.2. The summed E-state index contributed by atoms with van der Waals surface area (Å²) in [5, 5.41) is 0. The van der Waals surface area contributed by atoms with Crippen LogP contribution in [0, 0.1) is 0 Å². The van der Waals surface area contributed by atoms with Crippen LogP contribution in [0.15, 0.2) is 165 Å². The van der Waals surface area contributed by atoms with E-state index in [-0.39, 0.29) is 0 Å². The van der Waals surface area contributed by atoms with Crippen molar-refractivity contribution in [2.24, 2.45) is 0 Å². The molecule has 0 radical (unpaired) electrons. The van der Waals surface area contributed by atoms with E-state index in [1.165, 1.54) is 83.5 Å². The summed E-state index contributed by atoms with van der Waals surface area (Å²) in [7, 11) is 0. The maximum atomic E-state index is 3.57. The lowest BCUT2D eigenvalue weighted by atomic mass is 10.1. The second kappa shape index (κ2) is 14.4. The molecule has 0 fully saturated rings. The Hall–Kier alpha value is -3.66. The van der Waals surface area contributed by atoms with E-state index in [9.17, 15) is 0 Å². The van der Waals surface area contributed by atoms with Crippen molar-refractivity contribution in [3.63, 3.8) is 0 Å². The van der Waals surface area contributed by atoms with Crippen LogP contribution in [-0.2, 0) is 0 Å². The SMILES string of the molecule is Brc1ccc(-c2ccc(-c3ccc(-c4ccc(-c5ccc(-c6ccc(-c7ccc(-c8ccc(-c9ccc(Br)s9)cc8)s7)cc6)s5)cc4)s3)cc2)s1. The average Bonchev–Trinajstić information content (AvgIpc) is 4.03. The summed E-state index contributed by atoms with van der Waals surface area (Å²) in [5.74, 6) is 0. The number of hydrogen-bond donors (Lipinski definition) is 0. The molecule has 0 bridgehead atoms. The predicted molar refractivity (Wildman–Crippen MR) is 235 cm³/mol. The van der Waals surface area contributed by atoms with Crippen molar-refractivity contribution in [1.29, 1.82) is 0 Å². The number of halogens is 2. The number of hydrogen-bond acceptors (Lipinski definition) is 5. The quantitative estimate of drug-likeness (QED) is 0.143. The Morgan fingerprint density at radius 1 is 0.196 bits per heavy atom. The van der Waals surface area contributed by atoms with Gasteiger partial charge in [0.1, 0.15) is 0 Å². The molecule has 9 aromatic rings. The van der Waals surface area contributed by atoms with E-state index in [0.29, 0.717) is 0 Å². The molecular weight excluding hydrogens is 849 g/mol. The van der Waals surface area contributed by atoms with Crippen LogP contribution in [0.3, 0.4) is 0 Å². The predicted octanol–water partition coefficient (Wildman–Crippen LogP) is 16.9. The minimum absolute atomic E-state index is 1.16. The fourth-order valence-electron chi connectivity index (χ4n) is 6.08. The molecule has 9 rings (SSSR count). The molecule has 0 nitrogen and oxygen atoms in total. The van der Waals surface area contributed by atoms with Gasteiger partial charge in [0, 0.05) is 39.0 Å². The van der Waals surface area contributed by atoms with Gasteiger partial charge in [-0.25, -0.2) is 0 Å². The number of thiophene rings is 5. The maximum absolute atomic E-state index is 3.57. The first-order valence-corrected chi connectivity index (χ1v) is 21.9. The molecule has 51 heavy (non-hydrogen) atoms. The first kappa shape index (κ1) is 33.2. The standard InChI is InChI=1S/C44H26Br2S5/c45-43-25-23-41(50-43)33-13-9-31(10-14-33)39-21-19-37(48-39)29-5-1-27(2-6-29)35-17-18-36(47-35)28-3-7-30(8-4-28)38-20-22-40(49-38)32-11-15-34(16-12-32)42-24-26-44(46)51-42/h1-26H. The van der Waals surface area contributed by atoms with E-state index in [2.05, 4.69) is 190 Å². The van der Waals surface area contributed by atoms with Gasteiger partial charge in [0.15, 0.2) is 0 Å². The van der Waals surface area contributed by atoms with E-state index in [4.69, 9.17) is 0 Å². The van der Waals surface area contributed by atoms with E-state index in [1.807, 2.05) is 34.0 Å². The minimum Gasteiger partial charge on any atom is -0.135 e. The van der Waals surface area contributed by atoms with Crippen LogP contribution in [0.2, 0.25) is 0 Å². The highest BCUT2D eigenvalue weighted by atomic mass is 79.9. The number of rotatable bonds is 8. The van der Waals surface area contributed by atoms with E-state index >= 15 is 0 Å². The van der Waals surface area contributed by atoms with Crippen molar-refractivity contribution in [3.05, 3.63) is 165 Å². The molecule has 0 aliphatic heterocycles. The van der Waals surface area contributed by atoms with E-state index in [0.717, 1.165) is 7.57 Å². The third kappa shape index (κ3) is 7.09. The smallest absolute Gasteiger partial charge is 0.0705 e. The lowest BCUT2D eigenvalue weighted by molar-refractivity contribution is 1.68. The van der Waals surface area contributed by atoms with Crippen molar-refractivity contribution in [1.82, 2.24) is 0 Å². The zero-order chi connectivity index (χ0) is 34.3. The third-order valence-electron chi connectivity index (χ3n) is 8.78. The lowest BCUT2D eigenvalue weighted by Crippen LogP contribution is -1.75. The normalized spacial score (nSPS) is 11.3. The first-order valence-electron chi connectivity index (χ1n) is 16.3. The molecule has 5 heterocycles. The fourth-order valence-corrected chi connectivity index (χ4v) is 11.9. The highest BCUT2D eigenvalue weighted by Crippen LogP contribution is 2.41. The zero-order valence-corrected chi connectivity index (χ0v) is 34.1. The first-order chi connectivity index (χ1) is 25.0. The van der Waals surface area contributed by atoms with Crippen LogP contribution >= 0.6 is 88.5 Å². The van der Waals surface area contributed by atoms with Gasteiger partial charge in [-0.15, -0.1) is 56.7 Å². The summed E-state index contributed by atoms with van der Waals surface area (Å²) >= 11 is 16.2. The Kier molecular flexibility index (Phi) is 9.37. The van der Waals surface area contributed by atoms with Gasteiger partial charge in [-0.1, -0.05) is 97.1 Å². The Morgan fingerprint density at radius 2 is 0.353 bits per heavy atom. The molecule has 5 aromatic heterocycles. The summed E-state index contributed by atoms with van der Waals surface area (Å²) in [6.07, 6.45) is 0. The summed E-state index contributed by atoms with van der Waals surface area (Å²) < 4.78 is 2.32. The molecule has 0 aliphatic carbocycles. The molecule has 0 atom stereocenters. The van der Waals surface area contributed by atoms with Crippen LogP contribution in [0.4, 0.5) is 0 Å². The second-order valence-electron chi connectivity index (χ2n) is 12.0. The topological polar surface area (TPSA) is 0 Å². The van der Waals surface area contributed by atoms with E-state index in [1.54, 1.807) is 22.7 Å². The van der Waals surface area contributed by atoms with Crippen LogP contribution in [0.1, 0.15) is 0 Å². The van der Waals surface area contributed by atoms with Crippen LogP contribution in [0.5, 0.6) is 0 Å². The molecule has 0 saturated carbocycles. The summed E-state index contributed by atoms with van der Waals surface area (Å²) in [4.78, 5) is 10.3. The summed E-state index contributed by atoms with van der Waals surface area (Å²) in [5.41, 5.74) is 10.0. The summed E-state index contributed by atoms with van der Waals surface area (Å²) in [6, 6.07) is 57.8. The van der Waals surface area contributed by atoms with Gasteiger partial charge in [0.2, 0.25) is 0 Å². The van der Waals surface area contributed by atoms with Crippen LogP contribution in [-0.4, -0.2) is 0 Å². The van der Waals surface area contributed by atoms with Gasteiger partial charge in [-0.3, -0.25) is 0 Å². The number of benzene rings is 4. The van der Waals surface area contributed by atoms with Crippen molar-refractivity contribution >= 4 is 88.5 Å². The fraction of sp³-hybridized carbons (Fsp3) is 0. The molecule has 0 N–H and O–H groups in total. The zero-order valence-electron chi connectivity index (χ0n) is 26.8. The molecular formula is C44H26Br2S5. The lowest BCUT2D eigenvalue weighted by Gasteiger charge is -2.03. The Bertz CT molecular complexity index is 2400. The monoisotopic (exact) mass is 872 g/mol. The van der Waals surface area contributed by atoms with Crippen LogP contribution < -0.4 is 0 Å².